The van der Waals surface area contributed by atoms with Crippen LogP contribution < -0.4 is 0 Å². The van der Waals surface area contributed by atoms with Gasteiger partial charge < -0.3 is 15.3 Å². The number of aliphatic hydroxyl groups excluding tert-OH is 2. The Morgan fingerprint density at radius 3 is 2.32 bits per heavy atom. The SMILES string of the molecule is C[C@@H]1CC[C@]2(C(=O)O)CC[C@]3(C)C(=CC[C@@H]4[C@@]5(C)CC[C@H](O)[C@@](C)(CO)[C@@H]5CC[C@]43C)C2[C@H]1C. The summed E-state index contributed by atoms with van der Waals surface area (Å²) in [5.74, 6) is 1.35. The third-order valence-corrected chi connectivity index (χ3v) is 13.5. The number of carboxylic acid groups (broad SMARTS) is 1. The van der Waals surface area contributed by atoms with Crippen molar-refractivity contribution in [3.8, 4) is 0 Å². The summed E-state index contributed by atoms with van der Waals surface area (Å²) in [6.45, 7) is 14.3. The summed E-state index contributed by atoms with van der Waals surface area (Å²) in [5, 5.41) is 31.9. The lowest BCUT2D eigenvalue weighted by Crippen LogP contribution is -2.66. The number of fused-ring (bicyclic) bond motifs is 7. The summed E-state index contributed by atoms with van der Waals surface area (Å²) < 4.78 is 0. The maximum absolute atomic E-state index is 12.8. The molecule has 4 heteroatoms. The van der Waals surface area contributed by atoms with Crippen LogP contribution in [-0.2, 0) is 4.79 Å². The molecular formula is C30H48O4. The van der Waals surface area contributed by atoms with Crippen molar-refractivity contribution in [1.82, 2.24) is 0 Å². The first-order valence-corrected chi connectivity index (χ1v) is 14.0. The van der Waals surface area contributed by atoms with E-state index in [-0.39, 0.29) is 28.8 Å². The molecule has 1 unspecified atom stereocenters. The zero-order chi connectivity index (χ0) is 24.9. The zero-order valence-electron chi connectivity index (χ0n) is 22.4. The number of allylic oxidation sites excluding steroid dienone is 2. The molecule has 0 saturated heterocycles. The van der Waals surface area contributed by atoms with Crippen LogP contribution in [0.15, 0.2) is 11.6 Å². The molecule has 0 heterocycles. The van der Waals surface area contributed by atoms with Gasteiger partial charge in [0.1, 0.15) is 0 Å². The van der Waals surface area contributed by atoms with E-state index in [4.69, 9.17) is 0 Å². The molecule has 0 aliphatic heterocycles. The maximum atomic E-state index is 12.8. The van der Waals surface area contributed by atoms with Gasteiger partial charge in [-0.15, -0.1) is 0 Å². The number of aliphatic carboxylic acids is 1. The Kier molecular flexibility index (Phi) is 5.52. The summed E-state index contributed by atoms with van der Waals surface area (Å²) in [7, 11) is 0. The van der Waals surface area contributed by atoms with Gasteiger partial charge in [0.15, 0.2) is 0 Å². The topological polar surface area (TPSA) is 77.8 Å². The molecule has 5 aliphatic carbocycles. The number of rotatable bonds is 2. The fourth-order valence-electron chi connectivity index (χ4n) is 10.9. The van der Waals surface area contributed by atoms with Crippen LogP contribution in [0.3, 0.4) is 0 Å². The van der Waals surface area contributed by atoms with E-state index >= 15 is 0 Å². The number of aliphatic hydroxyl groups is 2. The maximum Gasteiger partial charge on any atom is 0.310 e. The Balaban J connectivity index is 1.61. The molecular weight excluding hydrogens is 424 g/mol. The van der Waals surface area contributed by atoms with Gasteiger partial charge in [-0.3, -0.25) is 4.79 Å². The van der Waals surface area contributed by atoms with E-state index in [9.17, 15) is 20.1 Å². The fourth-order valence-corrected chi connectivity index (χ4v) is 10.9. The van der Waals surface area contributed by atoms with Gasteiger partial charge in [0, 0.05) is 5.41 Å². The third-order valence-electron chi connectivity index (χ3n) is 13.5. The minimum absolute atomic E-state index is 0.0184. The highest BCUT2D eigenvalue weighted by atomic mass is 16.4. The van der Waals surface area contributed by atoms with Gasteiger partial charge in [-0.25, -0.2) is 0 Å². The monoisotopic (exact) mass is 472 g/mol. The average Bonchev–Trinajstić information content (AvgIpc) is 2.79. The molecule has 11 atom stereocenters. The predicted molar refractivity (Wildman–Crippen MR) is 134 cm³/mol. The first kappa shape index (κ1) is 24.8. The van der Waals surface area contributed by atoms with Gasteiger partial charge in [0.05, 0.1) is 18.1 Å². The summed E-state index contributed by atoms with van der Waals surface area (Å²) in [6, 6.07) is 0. The second-order valence-electron chi connectivity index (χ2n) is 14.3. The van der Waals surface area contributed by atoms with Crippen LogP contribution in [0.25, 0.3) is 0 Å². The molecule has 192 valence electrons. The first-order chi connectivity index (χ1) is 15.8. The van der Waals surface area contributed by atoms with E-state index in [2.05, 4.69) is 47.6 Å². The molecule has 4 saturated carbocycles. The van der Waals surface area contributed by atoms with Gasteiger partial charge in [-0.05, 0) is 104 Å². The molecule has 5 rings (SSSR count). The van der Waals surface area contributed by atoms with Crippen molar-refractivity contribution in [3.63, 3.8) is 0 Å². The van der Waals surface area contributed by atoms with Crippen LogP contribution in [0.5, 0.6) is 0 Å². The van der Waals surface area contributed by atoms with Crippen LogP contribution >= 0.6 is 0 Å². The second-order valence-corrected chi connectivity index (χ2v) is 14.3. The van der Waals surface area contributed by atoms with E-state index in [0.717, 1.165) is 57.8 Å². The number of carbonyl (C=O) groups is 1. The van der Waals surface area contributed by atoms with Crippen molar-refractivity contribution in [2.75, 3.05) is 6.61 Å². The highest BCUT2D eigenvalue weighted by molar-refractivity contribution is 5.76. The molecule has 4 fully saturated rings. The molecule has 3 N–H and O–H groups in total. The van der Waals surface area contributed by atoms with Crippen molar-refractivity contribution in [1.29, 1.82) is 0 Å². The summed E-state index contributed by atoms with van der Waals surface area (Å²) >= 11 is 0. The minimum Gasteiger partial charge on any atom is -0.481 e. The quantitative estimate of drug-likeness (QED) is 0.427. The molecule has 0 amide bonds. The van der Waals surface area contributed by atoms with Gasteiger partial charge in [-0.2, -0.15) is 0 Å². The van der Waals surface area contributed by atoms with Crippen LogP contribution in [0.4, 0.5) is 0 Å². The molecule has 0 bridgehead atoms. The Morgan fingerprint density at radius 2 is 1.68 bits per heavy atom. The molecule has 0 aromatic rings. The molecule has 0 radical (unpaired) electrons. The molecule has 5 aliphatic rings. The van der Waals surface area contributed by atoms with E-state index in [1.54, 1.807) is 0 Å². The largest absolute Gasteiger partial charge is 0.481 e. The fraction of sp³-hybridized carbons (Fsp3) is 0.900. The van der Waals surface area contributed by atoms with Crippen LogP contribution in [0.2, 0.25) is 0 Å². The summed E-state index contributed by atoms with van der Waals surface area (Å²) in [5.41, 5.74) is 0.670. The average molecular weight is 473 g/mol. The molecule has 0 spiro atoms. The van der Waals surface area contributed by atoms with Crippen LogP contribution in [-0.4, -0.2) is 34.0 Å². The Bertz CT molecular complexity index is 896. The first-order valence-electron chi connectivity index (χ1n) is 14.0. The Hall–Kier alpha value is -0.870. The minimum atomic E-state index is -0.591. The lowest BCUT2D eigenvalue weighted by atomic mass is 9.33. The predicted octanol–water partition coefficient (Wildman–Crippen LogP) is 6.06. The normalized spacial score (nSPS) is 56.9. The number of hydrogen-bond acceptors (Lipinski definition) is 3. The molecule has 0 aromatic heterocycles. The Morgan fingerprint density at radius 1 is 0.971 bits per heavy atom. The number of hydrogen-bond donors (Lipinski definition) is 3. The second kappa shape index (κ2) is 7.57. The van der Waals surface area contributed by atoms with Crippen molar-refractivity contribution in [3.05, 3.63) is 11.6 Å². The van der Waals surface area contributed by atoms with E-state index in [0.29, 0.717) is 23.7 Å². The van der Waals surface area contributed by atoms with Crippen molar-refractivity contribution in [2.24, 2.45) is 56.7 Å². The van der Waals surface area contributed by atoms with E-state index < -0.39 is 22.9 Å². The highest BCUT2D eigenvalue weighted by Crippen LogP contribution is 2.75. The van der Waals surface area contributed by atoms with Crippen molar-refractivity contribution < 1.29 is 20.1 Å². The summed E-state index contributed by atoms with van der Waals surface area (Å²) in [6.07, 6.45) is 10.6. The standard InChI is InChI=1S/C30H48O4/c1-18-9-14-30(25(33)34)16-15-28(5)20(24(30)19(18)2)7-8-22-26(3)12-11-23(32)27(4,17-31)21(26)10-13-29(22,28)6/h7,18-19,21-24,31-32H,8-17H2,1-6H3,(H,33,34)/t18-,19+,21-,22-,23+,24?,26+,27+,28-,29-,30+/m1/s1. The van der Waals surface area contributed by atoms with E-state index in [1.807, 2.05) is 0 Å². The lowest BCUT2D eigenvalue weighted by Gasteiger charge is -2.71. The molecule has 4 nitrogen and oxygen atoms in total. The third kappa shape index (κ3) is 2.76. The zero-order valence-corrected chi connectivity index (χ0v) is 22.4. The van der Waals surface area contributed by atoms with Crippen molar-refractivity contribution in [2.45, 2.75) is 105 Å². The smallest absolute Gasteiger partial charge is 0.310 e. The van der Waals surface area contributed by atoms with Gasteiger partial charge in [-0.1, -0.05) is 53.2 Å². The van der Waals surface area contributed by atoms with Gasteiger partial charge in [0.25, 0.3) is 0 Å². The van der Waals surface area contributed by atoms with Crippen molar-refractivity contribution >= 4 is 5.97 Å². The van der Waals surface area contributed by atoms with Crippen LogP contribution in [0, 0.1) is 56.7 Å². The molecule has 0 aromatic carbocycles. The van der Waals surface area contributed by atoms with Gasteiger partial charge >= 0.3 is 5.97 Å². The summed E-state index contributed by atoms with van der Waals surface area (Å²) in [4.78, 5) is 12.8. The highest BCUT2D eigenvalue weighted by Gasteiger charge is 2.69. The number of carboxylic acids is 1. The van der Waals surface area contributed by atoms with E-state index in [1.165, 1.54) is 5.57 Å². The van der Waals surface area contributed by atoms with Gasteiger partial charge in [0.2, 0.25) is 0 Å². The van der Waals surface area contributed by atoms with Crippen LogP contribution in [0.1, 0.15) is 99.3 Å². The lowest BCUT2D eigenvalue weighted by molar-refractivity contribution is -0.217. The Labute approximate surface area is 206 Å². The molecule has 34 heavy (non-hydrogen) atoms.